The molecular weight excluding hydrogens is 234 g/mol. The van der Waals surface area contributed by atoms with E-state index in [9.17, 15) is 9.59 Å². The van der Waals surface area contributed by atoms with Gasteiger partial charge in [-0.15, -0.1) is 0 Å². The third-order valence-electron chi connectivity index (χ3n) is 2.18. The van der Waals surface area contributed by atoms with Gasteiger partial charge in [-0.25, -0.2) is 14.6 Å². The van der Waals surface area contributed by atoms with Gasteiger partial charge in [-0.2, -0.15) is 0 Å². The fourth-order valence-electron chi connectivity index (χ4n) is 1.31. The highest BCUT2D eigenvalue weighted by Crippen LogP contribution is 2.12. The third kappa shape index (κ3) is 2.70. The monoisotopic (exact) mass is 243 g/mol. The standard InChI is InChI=1S/C13H9NO4/c15-12(16)11-7-6-10(8-14-11)18-13(17)9-4-2-1-3-5-9/h1-8H,(H,15,16). The highest BCUT2D eigenvalue weighted by molar-refractivity contribution is 5.91. The van der Waals surface area contributed by atoms with Crippen LogP contribution in [0.5, 0.6) is 5.75 Å². The SMILES string of the molecule is O=C(Oc1ccc(C(=O)O)nc1)c1ccccc1. The van der Waals surface area contributed by atoms with Gasteiger partial charge in [-0.05, 0) is 24.3 Å². The van der Waals surface area contributed by atoms with Crippen molar-refractivity contribution < 1.29 is 19.4 Å². The molecule has 0 spiro atoms. The van der Waals surface area contributed by atoms with Crippen molar-refractivity contribution >= 4 is 11.9 Å². The van der Waals surface area contributed by atoms with Crippen LogP contribution in [0.25, 0.3) is 0 Å². The number of carboxylic acid groups (broad SMARTS) is 1. The number of carbonyl (C=O) groups is 2. The second-order valence-corrected chi connectivity index (χ2v) is 3.44. The summed E-state index contributed by atoms with van der Waals surface area (Å²) in [6.07, 6.45) is 1.20. The molecule has 1 aromatic carbocycles. The Balaban J connectivity index is 2.10. The van der Waals surface area contributed by atoms with Gasteiger partial charge in [0.25, 0.3) is 0 Å². The Morgan fingerprint density at radius 1 is 1.06 bits per heavy atom. The molecule has 2 aromatic rings. The molecule has 0 atom stereocenters. The van der Waals surface area contributed by atoms with Gasteiger partial charge in [0, 0.05) is 0 Å². The fraction of sp³-hybridized carbons (Fsp3) is 0. The van der Waals surface area contributed by atoms with Gasteiger partial charge < -0.3 is 9.84 Å². The number of pyridine rings is 1. The first-order valence-electron chi connectivity index (χ1n) is 5.13. The average Bonchev–Trinajstić information content (AvgIpc) is 2.40. The van der Waals surface area contributed by atoms with E-state index in [0.29, 0.717) is 5.56 Å². The number of hydrogen-bond donors (Lipinski definition) is 1. The Morgan fingerprint density at radius 2 is 1.78 bits per heavy atom. The molecule has 0 amide bonds. The van der Waals surface area contributed by atoms with Crippen molar-refractivity contribution in [1.82, 2.24) is 4.98 Å². The van der Waals surface area contributed by atoms with Crippen LogP contribution >= 0.6 is 0 Å². The van der Waals surface area contributed by atoms with Crippen LogP contribution in [-0.2, 0) is 0 Å². The molecule has 0 aliphatic carbocycles. The maximum atomic E-state index is 11.7. The summed E-state index contributed by atoms with van der Waals surface area (Å²) in [5.74, 6) is -1.44. The van der Waals surface area contributed by atoms with Crippen LogP contribution in [0.15, 0.2) is 48.7 Å². The van der Waals surface area contributed by atoms with Crippen LogP contribution in [-0.4, -0.2) is 22.0 Å². The summed E-state index contributed by atoms with van der Waals surface area (Å²) in [6, 6.07) is 11.2. The number of esters is 1. The van der Waals surface area contributed by atoms with Gasteiger partial charge in [0.15, 0.2) is 0 Å². The molecule has 2 rings (SSSR count). The van der Waals surface area contributed by atoms with Crippen LogP contribution < -0.4 is 4.74 Å². The van der Waals surface area contributed by atoms with Crippen molar-refractivity contribution in [1.29, 1.82) is 0 Å². The van der Waals surface area contributed by atoms with Crippen LogP contribution in [0.2, 0.25) is 0 Å². The molecule has 1 N–H and O–H groups in total. The lowest BCUT2D eigenvalue weighted by molar-refractivity contribution is 0.0690. The van der Waals surface area contributed by atoms with E-state index in [1.807, 2.05) is 0 Å². The molecule has 0 unspecified atom stereocenters. The number of aromatic carboxylic acids is 1. The van der Waals surface area contributed by atoms with Crippen molar-refractivity contribution in [2.45, 2.75) is 0 Å². The van der Waals surface area contributed by atoms with Crippen LogP contribution in [0.1, 0.15) is 20.8 Å². The van der Waals surface area contributed by atoms with Crippen LogP contribution in [0.4, 0.5) is 0 Å². The molecule has 0 bridgehead atoms. The summed E-state index contributed by atoms with van der Waals surface area (Å²) in [4.78, 5) is 25.9. The number of aromatic nitrogens is 1. The van der Waals surface area contributed by atoms with Crippen molar-refractivity contribution in [3.63, 3.8) is 0 Å². The number of carboxylic acids is 1. The minimum atomic E-state index is -1.13. The van der Waals surface area contributed by atoms with E-state index in [1.165, 1.54) is 18.3 Å². The molecule has 0 saturated heterocycles. The van der Waals surface area contributed by atoms with E-state index in [4.69, 9.17) is 9.84 Å². The van der Waals surface area contributed by atoms with E-state index < -0.39 is 11.9 Å². The fourth-order valence-corrected chi connectivity index (χ4v) is 1.31. The molecule has 0 saturated carbocycles. The molecule has 0 aliphatic rings. The van der Waals surface area contributed by atoms with Gasteiger partial charge in [0.05, 0.1) is 11.8 Å². The van der Waals surface area contributed by atoms with Crippen molar-refractivity contribution in [3.05, 3.63) is 59.9 Å². The number of rotatable bonds is 3. The first-order valence-corrected chi connectivity index (χ1v) is 5.13. The average molecular weight is 243 g/mol. The molecule has 18 heavy (non-hydrogen) atoms. The van der Waals surface area contributed by atoms with E-state index in [-0.39, 0.29) is 11.4 Å². The third-order valence-corrected chi connectivity index (χ3v) is 2.18. The normalized spacial score (nSPS) is 9.78. The predicted molar refractivity (Wildman–Crippen MR) is 62.6 cm³/mol. The van der Waals surface area contributed by atoms with Crippen LogP contribution in [0, 0.1) is 0 Å². The smallest absolute Gasteiger partial charge is 0.354 e. The van der Waals surface area contributed by atoms with Gasteiger partial charge in [-0.3, -0.25) is 0 Å². The Bertz CT molecular complexity index is 563. The molecule has 0 radical (unpaired) electrons. The molecule has 0 aliphatic heterocycles. The molecule has 90 valence electrons. The van der Waals surface area contributed by atoms with Crippen molar-refractivity contribution in [3.8, 4) is 5.75 Å². The number of benzene rings is 1. The van der Waals surface area contributed by atoms with Gasteiger partial charge in [0.1, 0.15) is 11.4 Å². The Morgan fingerprint density at radius 3 is 2.33 bits per heavy atom. The Hall–Kier alpha value is -2.69. The highest BCUT2D eigenvalue weighted by atomic mass is 16.5. The zero-order valence-electron chi connectivity index (χ0n) is 9.24. The molecule has 5 heteroatoms. The maximum Gasteiger partial charge on any atom is 0.354 e. The quantitative estimate of drug-likeness (QED) is 0.834. The second kappa shape index (κ2) is 5.09. The number of nitrogens with zero attached hydrogens (tertiary/aromatic N) is 1. The number of hydrogen-bond acceptors (Lipinski definition) is 4. The molecule has 1 aromatic heterocycles. The largest absolute Gasteiger partial charge is 0.477 e. The summed E-state index contributed by atoms with van der Waals surface area (Å²) < 4.78 is 5.04. The van der Waals surface area contributed by atoms with Gasteiger partial charge in [-0.1, -0.05) is 18.2 Å². The number of ether oxygens (including phenoxy) is 1. The predicted octanol–water partition coefficient (Wildman–Crippen LogP) is 2.00. The van der Waals surface area contributed by atoms with E-state index in [0.717, 1.165) is 0 Å². The maximum absolute atomic E-state index is 11.7. The topological polar surface area (TPSA) is 76.5 Å². The van der Waals surface area contributed by atoms with E-state index >= 15 is 0 Å². The van der Waals surface area contributed by atoms with Crippen LogP contribution in [0.3, 0.4) is 0 Å². The van der Waals surface area contributed by atoms with E-state index in [1.54, 1.807) is 30.3 Å². The molecule has 0 fully saturated rings. The molecule has 5 nitrogen and oxygen atoms in total. The van der Waals surface area contributed by atoms with E-state index in [2.05, 4.69) is 4.98 Å². The van der Waals surface area contributed by atoms with Gasteiger partial charge >= 0.3 is 11.9 Å². The Labute approximate surface area is 103 Å². The minimum absolute atomic E-state index is 0.102. The summed E-state index contributed by atoms with van der Waals surface area (Å²) in [5.41, 5.74) is 0.314. The highest BCUT2D eigenvalue weighted by Gasteiger charge is 2.09. The molecular formula is C13H9NO4. The lowest BCUT2D eigenvalue weighted by Crippen LogP contribution is -2.09. The summed E-state index contributed by atoms with van der Waals surface area (Å²) in [5, 5.41) is 8.67. The number of carbonyl (C=O) groups excluding carboxylic acids is 1. The first kappa shape index (κ1) is 11.8. The molecule has 1 heterocycles. The van der Waals surface area contributed by atoms with Gasteiger partial charge in [0.2, 0.25) is 0 Å². The summed E-state index contributed by atoms with van der Waals surface area (Å²) in [7, 11) is 0. The second-order valence-electron chi connectivity index (χ2n) is 3.44. The Kier molecular flexibility index (Phi) is 3.33. The van der Waals surface area contributed by atoms with Crippen molar-refractivity contribution in [2.75, 3.05) is 0 Å². The summed E-state index contributed by atoms with van der Waals surface area (Å²) in [6.45, 7) is 0. The van der Waals surface area contributed by atoms with Crippen molar-refractivity contribution in [2.24, 2.45) is 0 Å². The lowest BCUT2D eigenvalue weighted by Gasteiger charge is -2.03. The zero-order chi connectivity index (χ0) is 13.0. The zero-order valence-corrected chi connectivity index (χ0v) is 9.24. The minimum Gasteiger partial charge on any atom is -0.477 e. The lowest BCUT2D eigenvalue weighted by atomic mass is 10.2. The first-order chi connectivity index (χ1) is 8.66. The summed E-state index contributed by atoms with van der Waals surface area (Å²) >= 11 is 0.